The zero-order valence-electron chi connectivity index (χ0n) is 5.67. The summed E-state index contributed by atoms with van der Waals surface area (Å²) in [5, 5.41) is 9.51. The maximum Gasteiger partial charge on any atom is 0.0605 e. The Morgan fingerprint density at radius 3 is 2.44 bits per heavy atom. The summed E-state index contributed by atoms with van der Waals surface area (Å²) in [6.07, 6.45) is 2.76. The zero-order chi connectivity index (χ0) is 6.22. The van der Waals surface area contributed by atoms with Crippen molar-refractivity contribution >= 4 is 0 Å². The second-order valence-corrected chi connectivity index (χ2v) is 4.33. The van der Waals surface area contributed by atoms with Crippen molar-refractivity contribution in [2.75, 3.05) is 0 Å². The van der Waals surface area contributed by atoms with Crippen LogP contribution in [0.5, 0.6) is 0 Å². The van der Waals surface area contributed by atoms with E-state index in [1.807, 2.05) is 0 Å². The standard InChI is InChI=1S/C8H12O/c1-8-3-4-2-5(8)6(8)7(4)9/h4-7,9H,2-3H2,1H3/t4-,5-,6-,7-,8-/m0/s1. The fourth-order valence-corrected chi connectivity index (χ4v) is 3.56. The molecular weight excluding hydrogens is 112 g/mol. The maximum absolute atomic E-state index is 9.51. The largest absolute Gasteiger partial charge is 0.393 e. The van der Waals surface area contributed by atoms with Crippen LogP contribution >= 0.6 is 0 Å². The van der Waals surface area contributed by atoms with Gasteiger partial charge < -0.3 is 5.11 Å². The molecule has 4 bridgehead atoms. The Kier molecular flexibility index (Phi) is 0.508. The highest BCUT2D eigenvalue weighted by atomic mass is 16.3. The van der Waals surface area contributed by atoms with Crippen LogP contribution in [0.15, 0.2) is 0 Å². The van der Waals surface area contributed by atoms with Gasteiger partial charge in [0.15, 0.2) is 0 Å². The minimum atomic E-state index is 0.0972. The van der Waals surface area contributed by atoms with Crippen molar-refractivity contribution < 1.29 is 5.11 Å². The molecule has 50 valence electrons. The van der Waals surface area contributed by atoms with Gasteiger partial charge in [-0.15, -0.1) is 0 Å². The molecule has 0 unspecified atom stereocenters. The van der Waals surface area contributed by atoms with Crippen LogP contribution in [0.25, 0.3) is 0 Å². The van der Waals surface area contributed by atoms with Crippen molar-refractivity contribution in [3.8, 4) is 0 Å². The molecule has 4 rings (SSSR count). The van der Waals surface area contributed by atoms with Crippen molar-refractivity contribution in [2.24, 2.45) is 23.2 Å². The predicted octanol–water partition coefficient (Wildman–Crippen LogP) is 1.02. The summed E-state index contributed by atoms with van der Waals surface area (Å²) in [6.45, 7) is 2.35. The quantitative estimate of drug-likeness (QED) is 0.511. The lowest BCUT2D eigenvalue weighted by Crippen LogP contribution is -2.09. The summed E-state index contributed by atoms with van der Waals surface area (Å²) in [5.41, 5.74) is 0.615. The van der Waals surface area contributed by atoms with Gasteiger partial charge in [0.05, 0.1) is 6.10 Å². The average Bonchev–Trinajstić information content (AvgIpc) is 2.21. The number of rotatable bonds is 0. The Morgan fingerprint density at radius 2 is 2.33 bits per heavy atom. The summed E-state index contributed by atoms with van der Waals surface area (Å²) in [5.74, 6) is 2.35. The summed E-state index contributed by atoms with van der Waals surface area (Å²) < 4.78 is 0. The summed E-state index contributed by atoms with van der Waals surface area (Å²) in [6, 6.07) is 0. The Hall–Kier alpha value is -0.0400. The third-order valence-corrected chi connectivity index (χ3v) is 4.04. The molecule has 0 heterocycles. The summed E-state index contributed by atoms with van der Waals surface area (Å²) in [7, 11) is 0. The normalized spacial score (nSPS) is 75.3. The highest BCUT2D eigenvalue weighted by Crippen LogP contribution is 2.78. The average molecular weight is 124 g/mol. The van der Waals surface area contributed by atoms with Gasteiger partial charge >= 0.3 is 0 Å². The Balaban J connectivity index is 2.10. The molecule has 1 heteroatoms. The number of hydrogen-bond acceptors (Lipinski definition) is 1. The van der Waals surface area contributed by atoms with Crippen LogP contribution < -0.4 is 0 Å². The lowest BCUT2D eigenvalue weighted by molar-refractivity contribution is 0.134. The minimum Gasteiger partial charge on any atom is -0.393 e. The molecule has 0 radical (unpaired) electrons. The van der Waals surface area contributed by atoms with E-state index in [9.17, 15) is 5.11 Å². The van der Waals surface area contributed by atoms with E-state index in [0.717, 1.165) is 11.8 Å². The van der Waals surface area contributed by atoms with Gasteiger partial charge in [-0.3, -0.25) is 0 Å². The van der Waals surface area contributed by atoms with E-state index in [0.29, 0.717) is 11.3 Å². The van der Waals surface area contributed by atoms with E-state index >= 15 is 0 Å². The molecule has 4 aliphatic rings. The highest BCUT2D eigenvalue weighted by Gasteiger charge is 2.75. The Bertz CT molecular complexity index is 175. The Labute approximate surface area is 55.1 Å². The lowest BCUT2D eigenvalue weighted by atomic mass is 10.1. The van der Waals surface area contributed by atoms with Gasteiger partial charge in [-0.05, 0) is 36.0 Å². The van der Waals surface area contributed by atoms with Crippen LogP contribution in [0.2, 0.25) is 0 Å². The van der Waals surface area contributed by atoms with E-state index < -0.39 is 0 Å². The second kappa shape index (κ2) is 0.968. The monoisotopic (exact) mass is 124 g/mol. The fraction of sp³-hybridized carbons (Fsp3) is 1.00. The summed E-state index contributed by atoms with van der Waals surface area (Å²) in [4.78, 5) is 0. The molecule has 9 heavy (non-hydrogen) atoms. The SMILES string of the molecule is C[C@]12C[C@@H]3C[C@H]1[C@H]2[C@H]3O. The van der Waals surface area contributed by atoms with E-state index in [4.69, 9.17) is 0 Å². The van der Waals surface area contributed by atoms with E-state index in [1.54, 1.807) is 0 Å². The molecule has 5 atom stereocenters. The van der Waals surface area contributed by atoms with Crippen LogP contribution in [-0.2, 0) is 0 Å². The first-order valence-corrected chi connectivity index (χ1v) is 3.91. The van der Waals surface area contributed by atoms with Crippen molar-refractivity contribution in [1.82, 2.24) is 0 Å². The van der Waals surface area contributed by atoms with Crippen LogP contribution in [0.1, 0.15) is 19.8 Å². The van der Waals surface area contributed by atoms with Crippen LogP contribution in [-0.4, -0.2) is 11.2 Å². The molecular formula is C8H12O. The highest BCUT2D eigenvalue weighted by molar-refractivity contribution is 5.24. The number of hydrogen-bond donors (Lipinski definition) is 1. The van der Waals surface area contributed by atoms with Gasteiger partial charge in [-0.2, -0.15) is 0 Å². The minimum absolute atomic E-state index is 0.0972. The van der Waals surface area contributed by atoms with Crippen molar-refractivity contribution in [1.29, 1.82) is 0 Å². The van der Waals surface area contributed by atoms with Gasteiger partial charge in [-0.25, -0.2) is 0 Å². The predicted molar refractivity (Wildman–Crippen MR) is 33.8 cm³/mol. The van der Waals surface area contributed by atoms with Gasteiger partial charge in [0.25, 0.3) is 0 Å². The van der Waals surface area contributed by atoms with Crippen molar-refractivity contribution in [3.05, 3.63) is 0 Å². The molecule has 4 fully saturated rings. The molecule has 4 aliphatic carbocycles. The third kappa shape index (κ3) is 0.295. The molecule has 0 amide bonds. The molecule has 1 N–H and O–H groups in total. The number of aliphatic hydroxyl groups is 1. The van der Waals surface area contributed by atoms with Gasteiger partial charge in [0.2, 0.25) is 0 Å². The molecule has 4 saturated carbocycles. The van der Waals surface area contributed by atoms with Gasteiger partial charge in [-0.1, -0.05) is 6.92 Å². The molecule has 0 aromatic carbocycles. The first kappa shape index (κ1) is 4.73. The van der Waals surface area contributed by atoms with E-state index in [2.05, 4.69) is 6.92 Å². The Morgan fingerprint density at radius 1 is 1.56 bits per heavy atom. The molecule has 0 aliphatic heterocycles. The van der Waals surface area contributed by atoms with Gasteiger partial charge in [0.1, 0.15) is 0 Å². The van der Waals surface area contributed by atoms with Crippen LogP contribution in [0, 0.1) is 23.2 Å². The first-order chi connectivity index (χ1) is 4.23. The molecule has 0 spiro atoms. The maximum atomic E-state index is 9.51. The zero-order valence-corrected chi connectivity index (χ0v) is 5.67. The first-order valence-electron chi connectivity index (χ1n) is 3.91. The van der Waals surface area contributed by atoms with E-state index in [1.165, 1.54) is 12.8 Å². The topological polar surface area (TPSA) is 20.2 Å². The van der Waals surface area contributed by atoms with Crippen LogP contribution in [0.3, 0.4) is 0 Å². The fourth-order valence-electron chi connectivity index (χ4n) is 3.56. The molecule has 0 aromatic heterocycles. The van der Waals surface area contributed by atoms with Crippen molar-refractivity contribution in [2.45, 2.75) is 25.9 Å². The summed E-state index contributed by atoms with van der Waals surface area (Å²) >= 11 is 0. The van der Waals surface area contributed by atoms with Crippen LogP contribution in [0.4, 0.5) is 0 Å². The van der Waals surface area contributed by atoms with Crippen molar-refractivity contribution in [3.63, 3.8) is 0 Å². The molecule has 1 nitrogen and oxygen atoms in total. The van der Waals surface area contributed by atoms with Gasteiger partial charge in [0, 0.05) is 0 Å². The third-order valence-electron chi connectivity index (χ3n) is 4.04. The molecule has 0 aromatic rings. The van der Waals surface area contributed by atoms with E-state index in [-0.39, 0.29) is 6.10 Å². The smallest absolute Gasteiger partial charge is 0.0605 e. The number of aliphatic hydroxyl groups excluding tert-OH is 1. The molecule has 0 saturated heterocycles. The lowest BCUT2D eigenvalue weighted by Gasteiger charge is -2.03. The second-order valence-electron chi connectivity index (χ2n) is 4.33.